The summed E-state index contributed by atoms with van der Waals surface area (Å²) in [6, 6.07) is 51.5. The van der Waals surface area contributed by atoms with E-state index >= 15 is 0 Å². The van der Waals surface area contributed by atoms with Crippen molar-refractivity contribution < 1.29 is 36.6 Å². The Bertz CT molecular complexity index is 5740. The molecule has 12 aromatic rings. The normalized spacial score (nSPS) is 15.7. The van der Waals surface area contributed by atoms with E-state index in [0.29, 0.717) is 56.6 Å². The molecule has 18 nitrogen and oxygen atoms in total. The zero-order chi connectivity index (χ0) is 59.8. The molecule has 0 saturated heterocycles. The van der Waals surface area contributed by atoms with Crippen LogP contribution in [0.3, 0.4) is 0 Å². The maximum Gasteiger partial charge on any atom is 0.193 e. The third kappa shape index (κ3) is 5.95. The summed E-state index contributed by atoms with van der Waals surface area (Å²) in [5.74, 6) is 2.04. The molecule has 17 rings (SSSR count). The lowest BCUT2D eigenvalue weighted by Gasteiger charge is -2.31. The third-order valence-corrected chi connectivity index (χ3v) is 18.4. The van der Waals surface area contributed by atoms with Crippen molar-refractivity contribution in [2.45, 2.75) is 24.7 Å². The smallest absolute Gasteiger partial charge is 0.193 e. The van der Waals surface area contributed by atoms with Crippen LogP contribution in [0.15, 0.2) is 161 Å². The molecular weight excluding hydrogens is 1110 g/mol. The number of ether oxygens (including phenoxy) is 4. The molecule has 18 heteroatoms. The van der Waals surface area contributed by atoms with E-state index in [1.807, 2.05) is 97.1 Å². The van der Waals surface area contributed by atoms with Gasteiger partial charge in [0, 0.05) is 21.2 Å². The second kappa shape index (κ2) is 17.4. The average Bonchev–Trinajstić information content (AvgIpc) is 1.51. The van der Waals surface area contributed by atoms with Crippen molar-refractivity contribution in [3.8, 4) is 103 Å². The molecule has 2 atom stereocenters. The Labute approximate surface area is 496 Å². The summed E-state index contributed by atoms with van der Waals surface area (Å²) in [5, 5.41) is 51.4. The van der Waals surface area contributed by atoms with E-state index in [4.69, 9.17) is 36.6 Å². The lowest BCUT2D eigenvalue weighted by atomic mass is 9.70. The van der Waals surface area contributed by atoms with Crippen molar-refractivity contribution in [3.63, 3.8) is 0 Å². The highest BCUT2D eigenvalue weighted by molar-refractivity contribution is 6.06. The molecule has 3 heterocycles. The molecule has 412 valence electrons. The average molecular weight is 1140 g/mol. The first-order valence-electron chi connectivity index (χ1n) is 27.6. The number of rotatable bonds is 4. The molecule has 1 aliphatic heterocycles. The molecule has 0 radical (unpaired) electrons. The fraction of sp³-hybridized carbons (Fsp3) is 0.0857. The molecule has 4 aliphatic carbocycles. The van der Waals surface area contributed by atoms with Crippen molar-refractivity contribution in [1.29, 1.82) is 21.0 Å². The summed E-state index contributed by atoms with van der Waals surface area (Å²) in [4.78, 5) is 6.24. The van der Waals surface area contributed by atoms with Gasteiger partial charge in [-0.2, -0.15) is 21.0 Å². The SMILES string of the molecule is COc1cc2c(cc1OC)C1(c3cc(N=[N+]=[N-])ccc3-2)c2cc(N=[N+]=[N-])ccc2-c2cc3oc4c(C#N)c5oc6cc7c(cc6oc5c(C#N)c4oc3cc21)-c1ccccc1C71c2ccccc2-c2cc3c(cc21)Oc1c(C#N)c(C)c(C)c(C#N)c1O3. The van der Waals surface area contributed by atoms with Crippen molar-refractivity contribution in [2.24, 2.45) is 10.2 Å². The lowest BCUT2D eigenvalue weighted by molar-refractivity contribution is 0.354. The number of nitriles is 4. The highest BCUT2D eigenvalue weighted by Crippen LogP contribution is 2.68. The number of azide groups is 2. The van der Waals surface area contributed by atoms with Crippen LogP contribution >= 0.6 is 0 Å². The molecule has 0 amide bonds. The first-order valence-corrected chi connectivity index (χ1v) is 27.6. The Morgan fingerprint density at radius 3 is 1.22 bits per heavy atom. The fourth-order valence-corrected chi connectivity index (χ4v) is 14.7. The Kier molecular flexibility index (Phi) is 9.83. The molecule has 0 fully saturated rings. The standard InChI is InChI=1S/C70H34N10O8/c1-31-32(2)44(28-72)64-63(43(31)27-71)83-57-20-40-35-9-5-7-11-47(35)69(52(40)24-60(57)86-64)48-12-8-6-10-36(48)41-21-58-61(25-53(41)69)87-67-46(30-74)66-68(45(29-73)65(67)84-58)88-62-26-54-42(22-59(62)85-66)38-16-14-34(78-80-76)18-50(38)70(54)49-17-33(77-79-75)13-15-37(49)39-19-55(81-3)56(82-4)23-51(39)70/h5-26H,1-4H3. The van der Waals surface area contributed by atoms with Crippen LogP contribution in [0.5, 0.6) is 34.5 Å². The van der Waals surface area contributed by atoms with Crippen molar-refractivity contribution in [1.82, 2.24) is 0 Å². The van der Waals surface area contributed by atoms with Crippen molar-refractivity contribution in [3.05, 3.63) is 232 Å². The lowest BCUT2D eigenvalue weighted by Crippen LogP contribution is -2.26. The molecule has 0 saturated carbocycles. The molecule has 0 bridgehead atoms. The second-order valence-corrected chi connectivity index (χ2v) is 22.0. The Hall–Kier alpha value is -12.8. The predicted molar refractivity (Wildman–Crippen MR) is 321 cm³/mol. The van der Waals surface area contributed by atoms with E-state index in [2.05, 4.69) is 68.6 Å². The molecular formula is C70H34N10O8. The van der Waals surface area contributed by atoms with E-state index < -0.39 is 10.8 Å². The molecule has 5 aliphatic rings. The van der Waals surface area contributed by atoms with Gasteiger partial charge in [-0.05, 0) is 186 Å². The van der Waals surface area contributed by atoms with E-state index in [1.165, 1.54) is 0 Å². The van der Waals surface area contributed by atoms with Gasteiger partial charge in [-0.1, -0.05) is 83.0 Å². The minimum Gasteiger partial charge on any atom is -0.493 e. The molecule has 2 spiro atoms. The van der Waals surface area contributed by atoms with Crippen LogP contribution < -0.4 is 18.9 Å². The molecule has 0 N–H and O–H groups in total. The van der Waals surface area contributed by atoms with Gasteiger partial charge in [0.05, 0.1) is 25.0 Å². The van der Waals surface area contributed by atoms with Crippen LogP contribution in [-0.4, -0.2) is 14.2 Å². The molecule has 10 aromatic carbocycles. The van der Waals surface area contributed by atoms with Gasteiger partial charge in [-0.15, -0.1) is 0 Å². The first kappa shape index (κ1) is 49.8. The van der Waals surface area contributed by atoms with Crippen molar-refractivity contribution in [2.75, 3.05) is 14.2 Å². The summed E-state index contributed by atoms with van der Waals surface area (Å²) < 4.78 is 52.5. The first-order chi connectivity index (χ1) is 43.1. The summed E-state index contributed by atoms with van der Waals surface area (Å²) >= 11 is 0. The Morgan fingerprint density at radius 2 is 0.761 bits per heavy atom. The zero-order valence-corrected chi connectivity index (χ0v) is 46.4. The maximum absolute atomic E-state index is 11.3. The Morgan fingerprint density at radius 1 is 0.398 bits per heavy atom. The molecule has 2 unspecified atom stereocenters. The minimum atomic E-state index is -1.19. The monoisotopic (exact) mass is 1140 g/mol. The largest absolute Gasteiger partial charge is 0.493 e. The van der Waals surface area contributed by atoms with Gasteiger partial charge in [-0.25, -0.2) is 0 Å². The van der Waals surface area contributed by atoms with Crippen LogP contribution in [0.2, 0.25) is 0 Å². The van der Waals surface area contributed by atoms with E-state index in [0.717, 1.165) is 77.9 Å². The summed E-state index contributed by atoms with van der Waals surface area (Å²) in [6.07, 6.45) is 0. The van der Waals surface area contributed by atoms with Gasteiger partial charge in [0.25, 0.3) is 0 Å². The number of methoxy groups -OCH3 is 2. The van der Waals surface area contributed by atoms with Crippen molar-refractivity contribution >= 4 is 56.0 Å². The van der Waals surface area contributed by atoms with Gasteiger partial charge in [-0.3, -0.25) is 0 Å². The fourth-order valence-electron chi connectivity index (χ4n) is 14.7. The molecule has 88 heavy (non-hydrogen) atoms. The maximum atomic E-state index is 11.3. The molecule has 2 aromatic heterocycles. The minimum absolute atomic E-state index is 0.0542. The van der Waals surface area contributed by atoms with E-state index in [-0.39, 0.29) is 78.4 Å². The van der Waals surface area contributed by atoms with Crippen LogP contribution in [0.1, 0.15) is 77.9 Å². The number of hydrogen-bond acceptors (Lipinski definition) is 14. The van der Waals surface area contributed by atoms with Crippen LogP contribution in [0.25, 0.3) is 110 Å². The summed E-state index contributed by atoms with van der Waals surface area (Å²) in [5.41, 5.74) is 33.4. The van der Waals surface area contributed by atoms with Gasteiger partial charge >= 0.3 is 0 Å². The van der Waals surface area contributed by atoms with E-state index in [9.17, 15) is 32.1 Å². The topological polar surface area (TPSA) is 282 Å². The van der Waals surface area contributed by atoms with Gasteiger partial charge < -0.3 is 36.6 Å². The number of fused-ring (bicyclic) bond motifs is 26. The van der Waals surface area contributed by atoms with Crippen LogP contribution in [0.4, 0.5) is 11.4 Å². The quantitative estimate of drug-likeness (QED) is 0.0688. The van der Waals surface area contributed by atoms with Crippen LogP contribution in [-0.2, 0) is 10.8 Å². The zero-order valence-electron chi connectivity index (χ0n) is 46.4. The number of benzene rings is 10. The summed E-state index contributed by atoms with van der Waals surface area (Å²) in [7, 11) is 3.11. The highest BCUT2D eigenvalue weighted by Gasteiger charge is 2.55. The van der Waals surface area contributed by atoms with Gasteiger partial charge in [0.1, 0.15) is 46.5 Å². The van der Waals surface area contributed by atoms with Gasteiger partial charge in [0.15, 0.2) is 79.2 Å². The number of nitrogens with zero attached hydrogens (tertiary/aromatic N) is 10. The third-order valence-electron chi connectivity index (χ3n) is 18.4. The van der Waals surface area contributed by atoms with Gasteiger partial charge in [0.2, 0.25) is 0 Å². The Balaban J connectivity index is 0.898. The van der Waals surface area contributed by atoms with E-state index in [1.54, 1.807) is 40.2 Å². The number of hydrogen-bond donors (Lipinski definition) is 0. The summed E-state index contributed by atoms with van der Waals surface area (Å²) in [6.45, 7) is 3.58. The predicted octanol–water partition coefficient (Wildman–Crippen LogP) is 18.4. The van der Waals surface area contributed by atoms with Crippen LogP contribution in [0, 0.1) is 59.2 Å². The second-order valence-electron chi connectivity index (χ2n) is 22.0. The highest BCUT2D eigenvalue weighted by atomic mass is 16.6.